The first kappa shape index (κ1) is 12.0. The van der Waals surface area contributed by atoms with Crippen LogP contribution in [0.1, 0.15) is 19.3 Å². The molecule has 0 aromatic heterocycles. The monoisotopic (exact) mass is 209 g/mol. The Kier molecular flexibility index (Phi) is 4.56. The van der Waals surface area contributed by atoms with Gasteiger partial charge in [-0.1, -0.05) is 12.2 Å². The van der Waals surface area contributed by atoms with E-state index in [1.165, 1.54) is 7.11 Å². The Bertz CT molecular complexity index is 271. The molecule has 3 heteroatoms. The first-order chi connectivity index (χ1) is 7.19. The van der Waals surface area contributed by atoms with E-state index in [-0.39, 0.29) is 5.97 Å². The molecule has 0 radical (unpaired) electrons. The molecule has 15 heavy (non-hydrogen) atoms. The van der Waals surface area contributed by atoms with E-state index in [1.807, 2.05) is 12.2 Å². The van der Waals surface area contributed by atoms with Crippen LogP contribution < -0.4 is 0 Å². The van der Waals surface area contributed by atoms with Crippen molar-refractivity contribution >= 4 is 5.97 Å². The van der Waals surface area contributed by atoms with Crippen LogP contribution in [0.15, 0.2) is 24.3 Å². The number of hydrogen-bond donors (Lipinski definition) is 0. The number of carbonyl (C=O) groups is 1. The van der Waals surface area contributed by atoms with Crippen LogP contribution in [-0.2, 0) is 9.53 Å². The highest BCUT2D eigenvalue weighted by Gasteiger charge is 2.23. The molecule has 0 N–H and O–H groups in total. The van der Waals surface area contributed by atoms with Gasteiger partial charge in [0.1, 0.15) is 0 Å². The minimum atomic E-state index is -0.186. The maximum atomic E-state index is 11.3. The fourth-order valence-corrected chi connectivity index (χ4v) is 1.81. The summed E-state index contributed by atoms with van der Waals surface area (Å²) in [6, 6.07) is 0.374. The average molecular weight is 209 g/mol. The molecule has 0 aliphatic heterocycles. The molecular formula is C12H19NO2. The number of hydrogen-bond acceptors (Lipinski definition) is 3. The first-order valence-electron chi connectivity index (χ1n) is 5.29. The van der Waals surface area contributed by atoms with Crippen LogP contribution in [0.4, 0.5) is 0 Å². The van der Waals surface area contributed by atoms with E-state index in [0.29, 0.717) is 6.04 Å². The van der Waals surface area contributed by atoms with E-state index in [1.54, 1.807) is 0 Å². The lowest BCUT2D eigenvalue weighted by Crippen LogP contribution is -2.29. The van der Waals surface area contributed by atoms with Gasteiger partial charge in [-0.3, -0.25) is 4.90 Å². The second-order valence-corrected chi connectivity index (χ2v) is 3.85. The van der Waals surface area contributed by atoms with Gasteiger partial charge in [-0.15, -0.1) is 6.58 Å². The molecule has 1 rings (SSSR count). The van der Waals surface area contributed by atoms with Gasteiger partial charge < -0.3 is 4.74 Å². The zero-order valence-electron chi connectivity index (χ0n) is 9.53. The van der Waals surface area contributed by atoms with Crippen LogP contribution in [-0.4, -0.2) is 37.6 Å². The molecule has 0 saturated heterocycles. The van der Waals surface area contributed by atoms with E-state index in [4.69, 9.17) is 4.74 Å². The normalized spacial score (nSPS) is 20.2. The average Bonchev–Trinajstić information content (AvgIpc) is 2.74. The Hall–Kier alpha value is -1.09. The van der Waals surface area contributed by atoms with E-state index < -0.39 is 0 Å². The van der Waals surface area contributed by atoms with E-state index in [2.05, 4.69) is 18.5 Å². The van der Waals surface area contributed by atoms with Gasteiger partial charge in [0.15, 0.2) is 0 Å². The van der Waals surface area contributed by atoms with Gasteiger partial charge >= 0.3 is 5.97 Å². The second kappa shape index (κ2) is 5.71. The van der Waals surface area contributed by atoms with Gasteiger partial charge in [-0.25, -0.2) is 4.79 Å². The number of rotatable bonds is 5. The van der Waals surface area contributed by atoms with Gasteiger partial charge in [-0.2, -0.15) is 0 Å². The standard InChI is InChI=1S/C12H19NO2/c1-4-5-8-13(2)11-7-6-10(9-11)12(14)15-3/h4,9,11H,1,5-8H2,2-3H3. The van der Waals surface area contributed by atoms with Crippen LogP contribution in [0.5, 0.6) is 0 Å². The SMILES string of the molecule is C=CCCN(C)C1C=C(C(=O)OC)CC1. The number of likely N-dealkylation sites (N-methyl/N-ethyl adjacent to an activating group) is 1. The Morgan fingerprint density at radius 3 is 3.13 bits per heavy atom. The molecule has 0 fully saturated rings. The van der Waals surface area contributed by atoms with Crippen molar-refractivity contribution in [2.45, 2.75) is 25.3 Å². The molecule has 1 aliphatic carbocycles. The summed E-state index contributed by atoms with van der Waals surface area (Å²) in [4.78, 5) is 13.5. The summed E-state index contributed by atoms with van der Waals surface area (Å²) < 4.78 is 4.70. The fourth-order valence-electron chi connectivity index (χ4n) is 1.81. The lowest BCUT2D eigenvalue weighted by Gasteiger charge is -2.21. The molecule has 0 aromatic rings. The Morgan fingerprint density at radius 2 is 2.53 bits per heavy atom. The number of esters is 1. The number of ether oxygens (including phenoxy) is 1. The largest absolute Gasteiger partial charge is 0.466 e. The summed E-state index contributed by atoms with van der Waals surface area (Å²) >= 11 is 0. The van der Waals surface area contributed by atoms with Crippen molar-refractivity contribution in [3.05, 3.63) is 24.3 Å². The van der Waals surface area contributed by atoms with Crippen molar-refractivity contribution in [2.24, 2.45) is 0 Å². The smallest absolute Gasteiger partial charge is 0.333 e. The lowest BCUT2D eigenvalue weighted by molar-refractivity contribution is -0.136. The molecule has 0 amide bonds. The second-order valence-electron chi connectivity index (χ2n) is 3.85. The van der Waals surface area contributed by atoms with Crippen LogP contribution in [0, 0.1) is 0 Å². The van der Waals surface area contributed by atoms with Crippen LogP contribution in [0.25, 0.3) is 0 Å². The summed E-state index contributed by atoms with van der Waals surface area (Å²) in [5.41, 5.74) is 0.813. The Morgan fingerprint density at radius 1 is 1.80 bits per heavy atom. The minimum Gasteiger partial charge on any atom is -0.466 e. The van der Waals surface area contributed by atoms with Crippen molar-refractivity contribution in [1.29, 1.82) is 0 Å². The van der Waals surface area contributed by atoms with E-state index in [0.717, 1.165) is 31.4 Å². The van der Waals surface area contributed by atoms with Crippen molar-refractivity contribution in [1.82, 2.24) is 4.90 Å². The molecule has 84 valence electrons. The van der Waals surface area contributed by atoms with Crippen molar-refractivity contribution < 1.29 is 9.53 Å². The summed E-state index contributed by atoms with van der Waals surface area (Å²) in [7, 11) is 3.50. The first-order valence-corrected chi connectivity index (χ1v) is 5.29. The third-order valence-corrected chi connectivity index (χ3v) is 2.80. The third-order valence-electron chi connectivity index (χ3n) is 2.80. The van der Waals surface area contributed by atoms with E-state index >= 15 is 0 Å². The fraction of sp³-hybridized carbons (Fsp3) is 0.583. The lowest BCUT2D eigenvalue weighted by atomic mass is 10.2. The summed E-state index contributed by atoms with van der Waals surface area (Å²) in [5, 5.41) is 0. The number of nitrogens with zero attached hydrogens (tertiary/aromatic N) is 1. The zero-order valence-corrected chi connectivity index (χ0v) is 9.53. The summed E-state index contributed by atoms with van der Waals surface area (Å²) in [5.74, 6) is -0.186. The molecule has 1 aliphatic rings. The molecule has 0 aromatic carbocycles. The molecule has 0 spiro atoms. The van der Waals surface area contributed by atoms with Gasteiger partial charge in [0.05, 0.1) is 7.11 Å². The molecule has 0 heterocycles. The molecule has 0 bridgehead atoms. The maximum absolute atomic E-state index is 11.3. The quantitative estimate of drug-likeness (QED) is 0.510. The highest BCUT2D eigenvalue weighted by Crippen LogP contribution is 2.23. The highest BCUT2D eigenvalue weighted by atomic mass is 16.5. The maximum Gasteiger partial charge on any atom is 0.333 e. The van der Waals surface area contributed by atoms with Crippen LogP contribution >= 0.6 is 0 Å². The number of methoxy groups -OCH3 is 1. The topological polar surface area (TPSA) is 29.5 Å². The van der Waals surface area contributed by atoms with Gasteiger partial charge in [-0.05, 0) is 26.3 Å². The van der Waals surface area contributed by atoms with Gasteiger partial charge in [0.2, 0.25) is 0 Å². The van der Waals surface area contributed by atoms with Gasteiger partial charge in [0, 0.05) is 18.2 Å². The molecular weight excluding hydrogens is 190 g/mol. The molecule has 0 saturated carbocycles. The third kappa shape index (κ3) is 3.20. The zero-order chi connectivity index (χ0) is 11.3. The molecule has 3 nitrogen and oxygen atoms in total. The van der Waals surface area contributed by atoms with E-state index in [9.17, 15) is 4.79 Å². The van der Waals surface area contributed by atoms with Crippen molar-refractivity contribution in [3.8, 4) is 0 Å². The predicted octanol–water partition coefficient (Wildman–Crippen LogP) is 1.76. The molecule has 1 unspecified atom stereocenters. The van der Waals surface area contributed by atoms with Crippen molar-refractivity contribution in [2.75, 3.05) is 20.7 Å². The Labute approximate surface area is 91.4 Å². The summed E-state index contributed by atoms with van der Waals surface area (Å²) in [6.07, 6.45) is 6.76. The predicted molar refractivity (Wildman–Crippen MR) is 60.6 cm³/mol. The minimum absolute atomic E-state index is 0.186. The van der Waals surface area contributed by atoms with Crippen molar-refractivity contribution in [3.63, 3.8) is 0 Å². The van der Waals surface area contributed by atoms with Crippen LogP contribution in [0.2, 0.25) is 0 Å². The van der Waals surface area contributed by atoms with Gasteiger partial charge in [0.25, 0.3) is 0 Å². The number of carbonyl (C=O) groups excluding carboxylic acids is 1. The summed E-state index contributed by atoms with van der Waals surface area (Å²) in [6.45, 7) is 4.68. The highest BCUT2D eigenvalue weighted by molar-refractivity contribution is 5.89. The Balaban J connectivity index is 2.49. The molecule has 1 atom stereocenters. The van der Waals surface area contributed by atoms with Crippen LogP contribution in [0.3, 0.4) is 0 Å².